The zero-order chi connectivity index (χ0) is 22.1. The molecule has 3 rings (SSSR count). The highest BCUT2D eigenvalue weighted by atomic mass is 35.5. The van der Waals surface area contributed by atoms with Crippen LogP contribution in [0.2, 0.25) is 4.34 Å². The number of hydrogen-bond donors (Lipinski definition) is 3. The molecule has 1 atom stereocenters. The molecule has 1 aromatic heterocycles. The predicted molar refractivity (Wildman–Crippen MR) is 109 cm³/mol. The van der Waals surface area contributed by atoms with Crippen molar-refractivity contribution in [2.45, 2.75) is 10.3 Å². The van der Waals surface area contributed by atoms with Crippen LogP contribution < -0.4 is 15.4 Å². The quantitative estimate of drug-likeness (QED) is 0.550. The standard InChI is InChI=1S/C18H17ClN2O7S2/c1-27-12-7-9(3-4-11(12)22)16-15(17(23)28-2)10(20-18(24)21-16)8-30(25,26)14-6-5-13(19)29-14/h3-7,16,22H,8H2,1-2H3,(H2,20,21,24). The van der Waals surface area contributed by atoms with Gasteiger partial charge in [0.2, 0.25) is 0 Å². The van der Waals surface area contributed by atoms with Crippen molar-refractivity contribution in [1.29, 1.82) is 0 Å². The number of ether oxygens (including phenoxy) is 2. The maximum atomic E-state index is 12.8. The number of rotatable bonds is 6. The predicted octanol–water partition coefficient (Wildman–Crippen LogP) is 2.37. The molecular formula is C18H17ClN2O7S2. The first-order chi connectivity index (χ1) is 14.2. The second kappa shape index (κ2) is 8.54. The van der Waals surface area contributed by atoms with Gasteiger partial charge in [-0.1, -0.05) is 17.7 Å². The molecule has 12 heteroatoms. The minimum atomic E-state index is -3.90. The summed E-state index contributed by atoms with van der Waals surface area (Å²) in [5, 5.41) is 14.8. The molecular weight excluding hydrogens is 456 g/mol. The highest BCUT2D eigenvalue weighted by Gasteiger charge is 2.36. The Labute approximate surface area is 181 Å². The van der Waals surface area contributed by atoms with Crippen molar-refractivity contribution in [2.24, 2.45) is 0 Å². The van der Waals surface area contributed by atoms with Crippen LogP contribution in [-0.2, 0) is 19.4 Å². The summed E-state index contributed by atoms with van der Waals surface area (Å²) < 4.78 is 35.8. The van der Waals surface area contributed by atoms with Crippen molar-refractivity contribution < 1.29 is 32.6 Å². The fourth-order valence-corrected chi connectivity index (χ4v) is 5.83. The van der Waals surface area contributed by atoms with Crippen molar-refractivity contribution in [1.82, 2.24) is 10.6 Å². The van der Waals surface area contributed by atoms with Gasteiger partial charge in [-0.25, -0.2) is 18.0 Å². The van der Waals surface area contributed by atoms with Gasteiger partial charge in [0.05, 0.1) is 35.9 Å². The summed E-state index contributed by atoms with van der Waals surface area (Å²) in [7, 11) is -1.41. The van der Waals surface area contributed by atoms with E-state index in [0.29, 0.717) is 9.90 Å². The van der Waals surface area contributed by atoms with E-state index in [2.05, 4.69) is 10.6 Å². The zero-order valence-electron chi connectivity index (χ0n) is 15.8. The number of sulfone groups is 1. The number of carbonyl (C=O) groups is 2. The molecule has 0 saturated heterocycles. The lowest BCUT2D eigenvalue weighted by Crippen LogP contribution is -2.47. The van der Waals surface area contributed by atoms with Crippen LogP contribution in [0, 0.1) is 0 Å². The second-order valence-corrected chi connectivity index (χ2v) is 10.1. The van der Waals surface area contributed by atoms with E-state index in [4.69, 9.17) is 21.1 Å². The Balaban J connectivity index is 2.11. The van der Waals surface area contributed by atoms with Crippen LogP contribution in [0.5, 0.6) is 11.5 Å². The molecule has 0 aliphatic carbocycles. The van der Waals surface area contributed by atoms with Gasteiger partial charge < -0.3 is 25.2 Å². The summed E-state index contributed by atoms with van der Waals surface area (Å²) in [6.07, 6.45) is 0. The van der Waals surface area contributed by atoms with Crippen LogP contribution in [0.15, 0.2) is 45.8 Å². The lowest BCUT2D eigenvalue weighted by atomic mass is 9.95. The lowest BCUT2D eigenvalue weighted by Gasteiger charge is -2.29. The smallest absolute Gasteiger partial charge is 0.338 e. The van der Waals surface area contributed by atoms with Crippen LogP contribution in [0.4, 0.5) is 4.79 Å². The fraction of sp³-hybridized carbons (Fsp3) is 0.222. The number of carbonyl (C=O) groups excluding carboxylic acids is 2. The number of urea groups is 1. The zero-order valence-corrected chi connectivity index (χ0v) is 18.2. The summed E-state index contributed by atoms with van der Waals surface area (Å²) in [5.74, 6) is -1.49. The van der Waals surface area contributed by atoms with E-state index in [1.54, 1.807) is 0 Å². The van der Waals surface area contributed by atoms with Crippen molar-refractivity contribution in [2.75, 3.05) is 20.0 Å². The number of hydrogen-bond acceptors (Lipinski definition) is 8. The maximum Gasteiger partial charge on any atom is 0.338 e. The molecule has 0 fully saturated rings. The van der Waals surface area contributed by atoms with Gasteiger partial charge in [-0.05, 0) is 29.8 Å². The molecule has 0 saturated carbocycles. The Morgan fingerprint density at radius 1 is 1.27 bits per heavy atom. The summed E-state index contributed by atoms with van der Waals surface area (Å²) in [5.41, 5.74) is 0.178. The minimum Gasteiger partial charge on any atom is -0.504 e. The van der Waals surface area contributed by atoms with Crippen LogP contribution in [0.3, 0.4) is 0 Å². The highest BCUT2D eigenvalue weighted by molar-refractivity contribution is 7.93. The van der Waals surface area contributed by atoms with Crippen LogP contribution in [0.1, 0.15) is 11.6 Å². The Morgan fingerprint density at radius 3 is 2.60 bits per heavy atom. The van der Waals surface area contributed by atoms with Gasteiger partial charge in [0.25, 0.3) is 0 Å². The van der Waals surface area contributed by atoms with Gasteiger partial charge in [-0.15, -0.1) is 11.3 Å². The molecule has 2 amide bonds. The molecule has 160 valence electrons. The van der Waals surface area contributed by atoms with E-state index in [1.807, 2.05) is 0 Å². The van der Waals surface area contributed by atoms with Crippen molar-refractivity contribution >= 4 is 44.8 Å². The summed E-state index contributed by atoms with van der Waals surface area (Å²) >= 11 is 6.70. The van der Waals surface area contributed by atoms with Gasteiger partial charge in [0.1, 0.15) is 4.21 Å². The van der Waals surface area contributed by atoms with Gasteiger partial charge in [-0.3, -0.25) is 0 Å². The molecule has 9 nitrogen and oxygen atoms in total. The van der Waals surface area contributed by atoms with Gasteiger partial charge in [0, 0.05) is 5.70 Å². The van der Waals surface area contributed by atoms with E-state index in [1.165, 1.54) is 37.4 Å². The number of thiophene rings is 1. The molecule has 2 heterocycles. The normalized spacial score (nSPS) is 16.6. The van der Waals surface area contributed by atoms with Gasteiger partial charge >= 0.3 is 12.0 Å². The molecule has 1 aromatic carbocycles. The largest absolute Gasteiger partial charge is 0.504 e. The number of halogens is 1. The molecule has 1 unspecified atom stereocenters. The number of amides is 2. The number of phenols is 1. The Bertz CT molecular complexity index is 1140. The number of methoxy groups -OCH3 is 2. The average Bonchev–Trinajstić information content (AvgIpc) is 3.14. The van der Waals surface area contributed by atoms with Crippen molar-refractivity contribution in [3.8, 4) is 11.5 Å². The SMILES string of the molecule is COC(=O)C1=C(CS(=O)(=O)c2ccc(Cl)s2)NC(=O)NC1c1ccc(O)c(OC)c1. The third kappa shape index (κ3) is 4.37. The Morgan fingerprint density at radius 2 is 2.00 bits per heavy atom. The van der Waals surface area contributed by atoms with E-state index in [-0.39, 0.29) is 27.0 Å². The number of nitrogens with one attached hydrogen (secondary N) is 2. The van der Waals surface area contributed by atoms with Crippen LogP contribution >= 0.6 is 22.9 Å². The molecule has 30 heavy (non-hydrogen) atoms. The second-order valence-electron chi connectivity index (χ2n) is 6.16. The lowest BCUT2D eigenvalue weighted by molar-refractivity contribution is -0.136. The van der Waals surface area contributed by atoms with Crippen molar-refractivity contribution in [3.63, 3.8) is 0 Å². The summed E-state index contributed by atoms with van der Waals surface area (Å²) in [6.45, 7) is 0. The Kier molecular flexibility index (Phi) is 6.25. The molecule has 1 aliphatic heterocycles. The molecule has 2 aromatic rings. The Hall–Kier alpha value is -2.76. The molecule has 1 aliphatic rings. The first-order valence-corrected chi connectivity index (χ1v) is 11.2. The topological polar surface area (TPSA) is 131 Å². The first-order valence-electron chi connectivity index (χ1n) is 8.40. The van der Waals surface area contributed by atoms with Crippen LogP contribution in [0.25, 0.3) is 0 Å². The molecule has 0 spiro atoms. The minimum absolute atomic E-state index is 0.000139. The third-order valence-corrected chi connectivity index (χ3v) is 7.74. The third-order valence-electron chi connectivity index (χ3n) is 4.29. The van der Waals surface area contributed by atoms with E-state index < -0.39 is 33.6 Å². The number of aromatic hydroxyl groups is 1. The van der Waals surface area contributed by atoms with Gasteiger partial charge in [-0.2, -0.15) is 0 Å². The van der Waals surface area contributed by atoms with Gasteiger partial charge in [0.15, 0.2) is 21.3 Å². The summed E-state index contributed by atoms with van der Waals surface area (Å²) in [6, 6.07) is 5.31. The van der Waals surface area contributed by atoms with Crippen LogP contribution in [-0.4, -0.2) is 45.5 Å². The number of esters is 1. The first kappa shape index (κ1) is 21.9. The average molecular weight is 473 g/mol. The molecule has 0 radical (unpaired) electrons. The highest BCUT2D eigenvalue weighted by Crippen LogP contribution is 2.35. The van der Waals surface area contributed by atoms with E-state index in [0.717, 1.165) is 18.4 Å². The number of phenolic OH excluding ortho intramolecular Hbond substituents is 1. The summed E-state index contributed by atoms with van der Waals surface area (Å²) in [4.78, 5) is 24.8. The molecule has 3 N–H and O–H groups in total. The monoisotopic (exact) mass is 472 g/mol. The number of benzene rings is 1. The van der Waals surface area contributed by atoms with Crippen molar-refractivity contribution in [3.05, 3.63) is 51.5 Å². The maximum absolute atomic E-state index is 12.8. The fourth-order valence-electron chi connectivity index (χ4n) is 2.93. The molecule has 0 bridgehead atoms. The van der Waals surface area contributed by atoms with E-state index >= 15 is 0 Å². The van der Waals surface area contributed by atoms with E-state index in [9.17, 15) is 23.1 Å².